The molecule has 1 heterocycles. The maximum atomic E-state index is 13.5. The fourth-order valence-corrected chi connectivity index (χ4v) is 4.99. The third-order valence-electron chi connectivity index (χ3n) is 6.90. The smallest absolute Gasteiger partial charge is 0.243 e. The van der Waals surface area contributed by atoms with Crippen LogP contribution >= 0.6 is 12.2 Å². The minimum absolute atomic E-state index is 0.113. The van der Waals surface area contributed by atoms with Crippen LogP contribution in [0, 0.1) is 5.92 Å². The number of amides is 4. The number of carbonyl (C=O) groups excluding carboxylic acids is 4. The van der Waals surface area contributed by atoms with Gasteiger partial charge in [-0.15, -0.1) is 0 Å². The molecular formula is C28H36N6O4S. The van der Waals surface area contributed by atoms with Crippen LogP contribution in [0.5, 0.6) is 0 Å². The van der Waals surface area contributed by atoms with Gasteiger partial charge in [0, 0.05) is 37.7 Å². The van der Waals surface area contributed by atoms with Crippen LogP contribution in [0.4, 0.5) is 0 Å². The molecule has 39 heavy (non-hydrogen) atoms. The van der Waals surface area contributed by atoms with Crippen molar-refractivity contribution in [2.75, 3.05) is 0 Å². The molecule has 1 fully saturated rings. The van der Waals surface area contributed by atoms with Crippen molar-refractivity contribution in [3.8, 4) is 0 Å². The molecule has 0 unspecified atom stereocenters. The Kier molecular flexibility index (Phi) is 10.9. The molecule has 0 saturated heterocycles. The Morgan fingerprint density at radius 2 is 1.56 bits per heavy atom. The third kappa shape index (κ3) is 9.13. The zero-order valence-corrected chi connectivity index (χ0v) is 22.8. The monoisotopic (exact) mass is 552 g/mol. The highest BCUT2D eigenvalue weighted by Gasteiger charge is 2.34. The summed E-state index contributed by atoms with van der Waals surface area (Å²) in [6.45, 7) is 1.33. The van der Waals surface area contributed by atoms with Crippen LogP contribution in [0.3, 0.4) is 0 Å². The van der Waals surface area contributed by atoms with Crippen LogP contribution in [0.25, 0.3) is 0 Å². The lowest BCUT2D eigenvalue weighted by Gasteiger charge is -2.32. The first-order valence-corrected chi connectivity index (χ1v) is 13.5. The summed E-state index contributed by atoms with van der Waals surface area (Å²) in [4.78, 5) is 55.5. The summed E-state index contributed by atoms with van der Waals surface area (Å²) in [5.41, 5.74) is 13.5. The third-order valence-corrected chi connectivity index (χ3v) is 7.13. The Labute approximate surface area is 233 Å². The molecule has 208 valence electrons. The van der Waals surface area contributed by atoms with Crippen molar-refractivity contribution in [2.24, 2.45) is 17.4 Å². The summed E-state index contributed by atoms with van der Waals surface area (Å²) in [5.74, 6) is -2.14. The van der Waals surface area contributed by atoms with E-state index in [4.69, 9.17) is 23.7 Å². The van der Waals surface area contributed by atoms with Gasteiger partial charge in [-0.05, 0) is 36.0 Å². The lowest BCUT2D eigenvalue weighted by atomic mass is 9.83. The Morgan fingerprint density at radius 1 is 0.897 bits per heavy atom. The number of pyridine rings is 1. The molecular weight excluding hydrogens is 516 g/mol. The van der Waals surface area contributed by atoms with Crippen molar-refractivity contribution >= 4 is 40.8 Å². The molecule has 1 aliphatic rings. The number of aromatic nitrogens is 1. The minimum Gasteiger partial charge on any atom is -0.389 e. The van der Waals surface area contributed by atoms with Gasteiger partial charge in [0.25, 0.3) is 0 Å². The zero-order valence-electron chi connectivity index (χ0n) is 22.0. The second-order valence-corrected chi connectivity index (χ2v) is 10.4. The van der Waals surface area contributed by atoms with E-state index in [1.807, 2.05) is 0 Å². The number of thiocarbonyl (C=S) groups is 1. The van der Waals surface area contributed by atoms with E-state index in [9.17, 15) is 19.2 Å². The van der Waals surface area contributed by atoms with E-state index < -0.39 is 35.8 Å². The lowest BCUT2D eigenvalue weighted by molar-refractivity contribution is -0.134. The number of hydrogen-bond donors (Lipinski definition) is 5. The molecule has 11 heteroatoms. The molecule has 3 atom stereocenters. The topological polar surface area (TPSA) is 169 Å². The van der Waals surface area contributed by atoms with Crippen LogP contribution in [-0.2, 0) is 32.0 Å². The number of hydrogen-bond acceptors (Lipinski definition) is 6. The van der Waals surface area contributed by atoms with E-state index in [1.54, 1.807) is 48.8 Å². The summed E-state index contributed by atoms with van der Waals surface area (Å²) in [5, 5.41) is 8.32. The fourth-order valence-electron chi connectivity index (χ4n) is 4.85. The van der Waals surface area contributed by atoms with Gasteiger partial charge in [-0.3, -0.25) is 24.2 Å². The molecule has 4 amide bonds. The Hall–Kier alpha value is -3.86. The average Bonchev–Trinajstić information content (AvgIpc) is 2.91. The molecule has 10 nitrogen and oxygen atoms in total. The van der Waals surface area contributed by atoms with Crippen LogP contribution in [-0.4, -0.2) is 51.7 Å². The molecule has 1 aromatic carbocycles. The number of primary amides is 1. The van der Waals surface area contributed by atoms with Crippen molar-refractivity contribution in [3.63, 3.8) is 0 Å². The molecule has 1 saturated carbocycles. The van der Waals surface area contributed by atoms with Gasteiger partial charge in [0.15, 0.2) is 0 Å². The number of nitrogens with two attached hydrogens (primary N) is 2. The predicted octanol–water partition coefficient (Wildman–Crippen LogP) is 1.04. The molecule has 1 aromatic heterocycles. The first kappa shape index (κ1) is 29.7. The maximum Gasteiger partial charge on any atom is 0.243 e. The average molecular weight is 553 g/mol. The second kappa shape index (κ2) is 14.3. The van der Waals surface area contributed by atoms with Gasteiger partial charge in [0.05, 0.1) is 0 Å². The first-order valence-electron chi connectivity index (χ1n) is 13.1. The number of benzene rings is 1. The quantitative estimate of drug-likeness (QED) is 0.245. The summed E-state index contributed by atoms with van der Waals surface area (Å²) in [6, 6.07) is 7.84. The van der Waals surface area contributed by atoms with Crippen LogP contribution < -0.4 is 27.4 Å². The Morgan fingerprint density at radius 3 is 2.13 bits per heavy atom. The number of nitrogens with one attached hydrogen (secondary N) is 3. The minimum atomic E-state index is -0.969. The number of nitrogens with zero attached hydrogens (tertiary/aromatic N) is 1. The van der Waals surface area contributed by atoms with E-state index in [-0.39, 0.29) is 29.7 Å². The second-order valence-electron chi connectivity index (χ2n) is 9.93. The largest absolute Gasteiger partial charge is 0.389 e. The highest BCUT2D eigenvalue weighted by molar-refractivity contribution is 7.80. The van der Waals surface area contributed by atoms with E-state index in [0.29, 0.717) is 5.56 Å². The van der Waals surface area contributed by atoms with E-state index in [1.165, 1.54) is 6.92 Å². The standard InChI is InChI=1S/C28H36N6O4S/c1-17(35)32-23(14-18-9-11-21(12-10-18)26(30)39)27(37)34-24(20-7-3-2-4-8-20)28(38)33-22(25(29)36)15-19-6-5-13-31-16-19/h5-6,9-13,16,20,22-24H,2-4,7-8,14-15H2,1H3,(H2,29,36)(H2,30,39)(H,32,35)(H,33,38)(H,34,37)/t22-,23-,24-/m0/s1. The molecule has 0 bridgehead atoms. The Bertz CT molecular complexity index is 1170. The maximum absolute atomic E-state index is 13.5. The molecule has 3 rings (SSSR count). The summed E-state index contributed by atoms with van der Waals surface area (Å²) in [7, 11) is 0. The van der Waals surface area contributed by atoms with Crippen LogP contribution in [0.15, 0.2) is 48.8 Å². The summed E-state index contributed by atoms with van der Waals surface area (Å²) in [6.07, 6.45) is 8.04. The normalized spacial score (nSPS) is 15.8. The van der Waals surface area contributed by atoms with E-state index >= 15 is 0 Å². The molecule has 0 aliphatic heterocycles. The van der Waals surface area contributed by atoms with E-state index in [2.05, 4.69) is 20.9 Å². The van der Waals surface area contributed by atoms with Gasteiger partial charge in [0.1, 0.15) is 23.1 Å². The predicted molar refractivity (Wildman–Crippen MR) is 151 cm³/mol. The fraction of sp³-hybridized carbons (Fsp3) is 0.429. The summed E-state index contributed by atoms with van der Waals surface area (Å²) < 4.78 is 0. The number of carbonyl (C=O) groups is 4. The molecule has 0 radical (unpaired) electrons. The van der Waals surface area contributed by atoms with Gasteiger partial charge in [-0.25, -0.2) is 0 Å². The van der Waals surface area contributed by atoms with Crippen molar-refractivity contribution in [2.45, 2.75) is 70.0 Å². The molecule has 1 aliphatic carbocycles. The van der Waals surface area contributed by atoms with Crippen molar-refractivity contribution in [1.29, 1.82) is 0 Å². The van der Waals surface area contributed by atoms with Crippen LogP contribution in [0.2, 0.25) is 0 Å². The summed E-state index contributed by atoms with van der Waals surface area (Å²) >= 11 is 4.99. The lowest BCUT2D eigenvalue weighted by Crippen LogP contribution is -2.59. The first-order chi connectivity index (χ1) is 18.6. The highest BCUT2D eigenvalue weighted by atomic mass is 32.1. The van der Waals surface area contributed by atoms with Gasteiger partial charge < -0.3 is 27.4 Å². The molecule has 2 aromatic rings. The molecule has 7 N–H and O–H groups in total. The van der Waals surface area contributed by atoms with E-state index in [0.717, 1.165) is 43.2 Å². The Balaban J connectivity index is 1.78. The number of rotatable bonds is 12. The van der Waals surface area contributed by atoms with Gasteiger partial charge in [-0.1, -0.05) is 61.8 Å². The molecule has 0 spiro atoms. The van der Waals surface area contributed by atoms with Gasteiger partial charge in [0.2, 0.25) is 23.6 Å². The highest BCUT2D eigenvalue weighted by Crippen LogP contribution is 2.27. The zero-order chi connectivity index (χ0) is 28.4. The van der Waals surface area contributed by atoms with Crippen molar-refractivity contribution in [1.82, 2.24) is 20.9 Å². The van der Waals surface area contributed by atoms with Crippen molar-refractivity contribution < 1.29 is 19.2 Å². The van der Waals surface area contributed by atoms with Gasteiger partial charge >= 0.3 is 0 Å². The van der Waals surface area contributed by atoms with Gasteiger partial charge in [-0.2, -0.15) is 0 Å². The SMILES string of the molecule is CC(=O)N[C@@H](Cc1ccc(C(N)=S)cc1)C(=O)N[C@H](C(=O)N[C@@H](Cc1cccnc1)C(N)=O)C1CCCCC1. The van der Waals surface area contributed by atoms with Crippen LogP contribution in [0.1, 0.15) is 55.7 Å². The van der Waals surface area contributed by atoms with Crippen molar-refractivity contribution in [3.05, 3.63) is 65.5 Å².